The van der Waals surface area contributed by atoms with Crippen LogP contribution in [0.4, 0.5) is 0 Å². The zero-order valence-electron chi connectivity index (χ0n) is 27.6. The Hall–Kier alpha value is -4.44. The number of fused-ring (bicyclic) bond motifs is 2. The van der Waals surface area contributed by atoms with E-state index in [-0.39, 0.29) is 49.0 Å². The fourth-order valence-corrected chi connectivity index (χ4v) is 8.37. The van der Waals surface area contributed by atoms with Gasteiger partial charge < -0.3 is 28.6 Å². The van der Waals surface area contributed by atoms with Gasteiger partial charge in [0.05, 0.1) is 32.1 Å². The van der Waals surface area contributed by atoms with Crippen molar-refractivity contribution in [2.45, 2.75) is 64.2 Å². The Kier molecular flexibility index (Phi) is 8.85. The summed E-state index contributed by atoms with van der Waals surface area (Å²) in [6.07, 6.45) is 7.14. The van der Waals surface area contributed by atoms with Crippen LogP contribution in [0.25, 0.3) is 10.8 Å². The Labute approximate surface area is 280 Å². The van der Waals surface area contributed by atoms with Gasteiger partial charge in [0.2, 0.25) is 11.8 Å². The molecule has 0 bridgehead atoms. The quantitative estimate of drug-likeness (QED) is 0.324. The number of ether oxygens (including phenoxy) is 2. The van der Waals surface area contributed by atoms with Crippen molar-refractivity contribution in [2.75, 3.05) is 33.3 Å². The second-order valence-electron chi connectivity index (χ2n) is 13.6. The van der Waals surface area contributed by atoms with Crippen LogP contribution in [0, 0.1) is 17.3 Å². The van der Waals surface area contributed by atoms with Gasteiger partial charge in [0.25, 0.3) is 5.91 Å². The molecule has 7 rings (SSSR count). The van der Waals surface area contributed by atoms with E-state index in [1.54, 1.807) is 26.8 Å². The second-order valence-corrected chi connectivity index (χ2v) is 13.6. The maximum Gasteiger partial charge on any atom is 0.320 e. The highest BCUT2D eigenvalue weighted by atomic mass is 16.5. The van der Waals surface area contributed by atoms with Gasteiger partial charge in [-0.3, -0.25) is 19.2 Å². The summed E-state index contributed by atoms with van der Waals surface area (Å²) in [6.45, 7) is 3.59. The SMILES string of the molecule is COC(=O)[C@]12C[C@H](CC(=O)N3CCN(C(=O)c4ccco4)CC3)C(=O)N(Cc3cccc4ccccc34)C1=C[C@H](C1CCCC1)O[C@@H]2C. The fourth-order valence-electron chi connectivity index (χ4n) is 8.37. The van der Waals surface area contributed by atoms with Crippen molar-refractivity contribution in [2.24, 2.45) is 17.3 Å². The van der Waals surface area contributed by atoms with Crippen LogP contribution in [0.2, 0.25) is 0 Å². The molecule has 48 heavy (non-hydrogen) atoms. The first-order valence-corrected chi connectivity index (χ1v) is 17.1. The molecule has 10 nitrogen and oxygen atoms in total. The van der Waals surface area contributed by atoms with E-state index in [4.69, 9.17) is 13.9 Å². The predicted molar refractivity (Wildman–Crippen MR) is 177 cm³/mol. The molecule has 0 N–H and O–H groups in total. The zero-order chi connectivity index (χ0) is 33.4. The number of benzene rings is 2. The molecule has 10 heteroatoms. The molecule has 2 saturated heterocycles. The number of carbonyl (C=O) groups excluding carboxylic acids is 4. The van der Waals surface area contributed by atoms with Gasteiger partial charge in [-0.2, -0.15) is 0 Å². The van der Waals surface area contributed by atoms with Gasteiger partial charge in [-0.25, -0.2) is 0 Å². The number of hydrogen-bond acceptors (Lipinski definition) is 7. The number of nitrogens with zero attached hydrogens (tertiary/aromatic N) is 3. The average Bonchev–Trinajstić information content (AvgIpc) is 3.86. The summed E-state index contributed by atoms with van der Waals surface area (Å²) in [5, 5.41) is 2.10. The Morgan fingerprint density at radius 2 is 1.67 bits per heavy atom. The van der Waals surface area contributed by atoms with Crippen LogP contribution in [0.1, 0.15) is 61.6 Å². The highest BCUT2D eigenvalue weighted by Crippen LogP contribution is 2.52. The van der Waals surface area contributed by atoms with Gasteiger partial charge in [-0.05, 0) is 66.6 Å². The Morgan fingerprint density at radius 1 is 0.938 bits per heavy atom. The molecule has 1 aromatic heterocycles. The number of methoxy groups -OCH3 is 1. The van der Waals surface area contributed by atoms with Crippen molar-refractivity contribution in [3.05, 3.63) is 84.0 Å². The molecule has 3 amide bonds. The summed E-state index contributed by atoms with van der Waals surface area (Å²) in [4.78, 5) is 60.4. The Balaban J connectivity index is 1.20. The van der Waals surface area contributed by atoms with E-state index >= 15 is 0 Å². The minimum absolute atomic E-state index is 0.0538. The first-order chi connectivity index (χ1) is 23.3. The van der Waals surface area contributed by atoms with E-state index < -0.39 is 23.4 Å². The van der Waals surface area contributed by atoms with Gasteiger partial charge >= 0.3 is 5.97 Å². The van der Waals surface area contributed by atoms with Crippen molar-refractivity contribution in [3.63, 3.8) is 0 Å². The molecule has 4 atom stereocenters. The molecule has 2 aromatic carbocycles. The van der Waals surface area contributed by atoms with Crippen LogP contribution in [0.3, 0.4) is 0 Å². The number of piperazine rings is 1. The fraction of sp³-hybridized carbons (Fsp3) is 0.474. The van der Waals surface area contributed by atoms with Crippen molar-refractivity contribution < 1.29 is 33.1 Å². The number of rotatable bonds is 7. The van der Waals surface area contributed by atoms with Gasteiger partial charge in [0.1, 0.15) is 5.41 Å². The summed E-state index contributed by atoms with van der Waals surface area (Å²) in [6, 6.07) is 17.4. The number of hydrogen-bond donors (Lipinski definition) is 0. The number of esters is 1. The lowest BCUT2D eigenvalue weighted by Crippen LogP contribution is -2.60. The largest absolute Gasteiger partial charge is 0.468 e. The van der Waals surface area contributed by atoms with E-state index in [9.17, 15) is 19.2 Å². The maximum absolute atomic E-state index is 14.7. The lowest BCUT2D eigenvalue weighted by Gasteiger charge is -2.52. The molecule has 3 aromatic rings. The molecule has 4 heterocycles. The van der Waals surface area contributed by atoms with Crippen molar-refractivity contribution >= 4 is 34.5 Å². The molecular weight excluding hydrogens is 610 g/mol. The average molecular weight is 654 g/mol. The van der Waals surface area contributed by atoms with Gasteiger partial charge in [0, 0.05) is 44.2 Å². The summed E-state index contributed by atoms with van der Waals surface area (Å²) in [5.41, 5.74) is 0.347. The molecule has 0 radical (unpaired) electrons. The summed E-state index contributed by atoms with van der Waals surface area (Å²) >= 11 is 0. The van der Waals surface area contributed by atoms with Gasteiger partial charge in [0.15, 0.2) is 5.76 Å². The molecular formula is C38H43N3O7. The first kappa shape index (κ1) is 32.1. The molecule has 1 aliphatic carbocycles. The second kappa shape index (κ2) is 13.2. The molecule has 1 saturated carbocycles. The van der Waals surface area contributed by atoms with Crippen LogP contribution >= 0.6 is 0 Å². The van der Waals surface area contributed by atoms with Crippen LogP contribution in [0.15, 0.2) is 77.1 Å². The Morgan fingerprint density at radius 3 is 2.40 bits per heavy atom. The topological polar surface area (TPSA) is 110 Å². The van der Waals surface area contributed by atoms with Crippen LogP contribution in [0.5, 0.6) is 0 Å². The van der Waals surface area contributed by atoms with Gasteiger partial charge in [-0.1, -0.05) is 55.3 Å². The number of likely N-dealkylation sites (tertiary alicyclic amines) is 1. The molecule has 3 fully saturated rings. The van der Waals surface area contributed by atoms with E-state index in [1.807, 2.05) is 55.5 Å². The standard InChI is InChI=1S/C38H43N3O7/c1-25-38(37(45)46-2)23-29(21-34(42)39-16-18-40(19-17-39)36(44)31-15-8-20-47-31)35(43)41(33(38)22-32(48-25)27-10-3-4-11-27)24-28-13-7-12-26-9-5-6-14-30(26)28/h5-9,12-15,20,22,25,27,29,32H,3-4,10-11,16-19,21,23-24H2,1-2H3/t25-,29+,32-,38+/m1/s1. The molecule has 3 aliphatic heterocycles. The summed E-state index contributed by atoms with van der Waals surface area (Å²) < 4.78 is 17.4. The Bertz CT molecular complexity index is 1720. The summed E-state index contributed by atoms with van der Waals surface area (Å²) in [7, 11) is 1.37. The maximum atomic E-state index is 14.7. The van der Waals surface area contributed by atoms with E-state index in [0.717, 1.165) is 42.0 Å². The molecule has 0 spiro atoms. The summed E-state index contributed by atoms with van der Waals surface area (Å²) in [5.74, 6) is -1.19. The molecule has 0 unspecified atom stereocenters. The van der Waals surface area contributed by atoms with Crippen molar-refractivity contribution in [1.29, 1.82) is 0 Å². The third kappa shape index (κ3) is 5.70. The third-order valence-corrected chi connectivity index (χ3v) is 11.0. The van der Waals surface area contributed by atoms with Gasteiger partial charge in [-0.15, -0.1) is 0 Å². The van der Waals surface area contributed by atoms with E-state index in [1.165, 1.54) is 13.4 Å². The third-order valence-electron chi connectivity index (χ3n) is 11.0. The van der Waals surface area contributed by atoms with E-state index in [0.29, 0.717) is 37.8 Å². The minimum Gasteiger partial charge on any atom is -0.468 e. The number of amides is 3. The van der Waals surface area contributed by atoms with Crippen LogP contribution in [-0.4, -0.2) is 83.9 Å². The highest BCUT2D eigenvalue weighted by Gasteiger charge is 2.60. The van der Waals surface area contributed by atoms with E-state index in [2.05, 4.69) is 0 Å². The predicted octanol–water partition coefficient (Wildman–Crippen LogP) is 5.18. The van der Waals surface area contributed by atoms with Crippen LogP contribution in [-0.2, 0) is 30.4 Å². The molecule has 252 valence electrons. The minimum atomic E-state index is -1.25. The number of piperidine rings is 1. The van der Waals surface area contributed by atoms with Crippen molar-refractivity contribution in [3.8, 4) is 0 Å². The number of carbonyl (C=O) groups is 4. The first-order valence-electron chi connectivity index (χ1n) is 17.1. The smallest absolute Gasteiger partial charge is 0.320 e. The van der Waals surface area contributed by atoms with Crippen LogP contribution < -0.4 is 0 Å². The lowest BCUT2D eigenvalue weighted by molar-refractivity contribution is -0.178. The monoisotopic (exact) mass is 653 g/mol. The normalized spacial score (nSPS) is 26.4. The lowest BCUT2D eigenvalue weighted by atomic mass is 9.66. The number of furan rings is 1. The highest BCUT2D eigenvalue weighted by molar-refractivity contribution is 5.94. The zero-order valence-corrected chi connectivity index (χ0v) is 27.6. The van der Waals surface area contributed by atoms with Crippen molar-refractivity contribution in [1.82, 2.24) is 14.7 Å². The molecule has 4 aliphatic rings.